The summed E-state index contributed by atoms with van der Waals surface area (Å²) in [6, 6.07) is 0.204. The minimum absolute atomic E-state index is 0.0962. The van der Waals surface area contributed by atoms with Gasteiger partial charge in [-0.15, -0.1) is 0 Å². The molecule has 0 radical (unpaired) electrons. The Morgan fingerprint density at radius 1 is 0.957 bits per heavy atom. The molecule has 2 amide bonds. The van der Waals surface area contributed by atoms with Gasteiger partial charge in [-0.05, 0) is 26.7 Å². The smallest absolute Gasteiger partial charge is 0.236 e. The van der Waals surface area contributed by atoms with Crippen molar-refractivity contribution in [3.8, 4) is 0 Å². The molecule has 1 unspecified atom stereocenters. The molecule has 1 aliphatic rings. The fraction of sp³-hybridized carbons (Fsp3) is 0.882. The van der Waals surface area contributed by atoms with Crippen LogP contribution in [0.15, 0.2) is 0 Å². The van der Waals surface area contributed by atoms with E-state index in [1.54, 1.807) is 0 Å². The van der Waals surface area contributed by atoms with Gasteiger partial charge in [-0.2, -0.15) is 0 Å². The first-order valence-electron chi connectivity index (χ1n) is 8.89. The van der Waals surface area contributed by atoms with Crippen molar-refractivity contribution >= 4 is 11.8 Å². The highest BCUT2D eigenvalue weighted by molar-refractivity contribution is 5.78. The maximum Gasteiger partial charge on any atom is 0.236 e. The van der Waals surface area contributed by atoms with Crippen molar-refractivity contribution in [1.82, 2.24) is 20.0 Å². The van der Waals surface area contributed by atoms with Crippen LogP contribution in [0.3, 0.4) is 0 Å². The quantitative estimate of drug-likeness (QED) is 0.711. The van der Waals surface area contributed by atoms with E-state index in [1.807, 2.05) is 25.7 Å². The average Bonchev–Trinajstić information content (AvgIpc) is 2.50. The van der Waals surface area contributed by atoms with Crippen LogP contribution in [0.4, 0.5) is 0 Å². The predicted octanol–water partition coefficient (Wildman–Crippen LogP) is 0.633. The molecule has 1 aliphatic heterocycles. The molecule has 6 nitrogen and oxygen atoms in total. The van der Waals surface area contributed by atoms with Crippen LogP contribution in [0.2, 0.25) is 0 Å². The summed E-state index contributed by atoms with van der Waals surface area (Å²) in [6.07, 6.45) is 0. The van der Waals surface area contributed by atoms with Crippen LogP contribution in [-0.2, 0) is 9.59 Å². The van der Waals surface area contributed by atoms with Gasteiger partial charge in [0.2, 0.25) is 11.8 Å². The van der Waals surface area contributed by atoms with Gasteiger partial charge in [0.25, 0.3) is 0 Å². The lowest BCUT2D eigenvalue weighted by atomic mass is 10.1. The maximum absolute atomic E-state index is 12.1. The van der Waals surface area contributed by atoms with E-state index < -0.39 is 0 Å². The van der Waals surface area contributed by atoms with Crippen molar-refractivity contribution in [2.75, 3.05) is 52.4 Å². The van der Waals surface area contributed by atoms with Crippen LogP contribution in [0.1, 0.15) is 34.6 Å². The molecule has 0 bridgehead atoms. The highest BCUT2D eigenvalue weighted by Gasteiger charge is 2.22. The Kier molecular flexibility index (Phi) is 8.55. The highest BCUT2D eigenvalue weighted by Crippen LogP contribution is 2.04. The van der Waals surface area contributed by atoms with Gasteiger partial charge in [0.05, 0.1) is 13.1 Å². The molecule has 0 saturated carbocycles. The number of piperazine rings is 1. The summed E-state index contributed by atoms with van der Waals surface area (Å²) in [5.74, 6) is 0.743. The molecule has 0 aliphatic carbocycles. The van der Waals surface area contributed by atoms with Crippen molar-refractivity contribution in [2.24, 2.45) is 5.92 Å². The van der Waals surface area contributed by atoms with Crippen molar-refractivity contribution in [3.63, 3.8) is 0 Å². The number of amides is 2. The third kappa shape index (κ3) is 6.87. The van der Waals surface area contributed by atoms with Crippen LogP contribution < -0.4 is 5.32 Å². The van der Waals surface area contributed by atoms with Gasteiger partial charge in [-0.1, -0.05) is 13.8 Å². The second-order valence-electron chi connectivity index (χ2n) is 6.72. The highest BCUT2D eigenvalue weighted by atomic mass is 16.2. The van der Waals surface area contributed by atoms with E-state index in [4.69, 9.17) is 0 Å². The zero-order chi connectivity index (χ0) is 17.4. The van der Waals surface area contributed by atoms with E-state index in [-0.39, 0.29) is 17.9 Å². The number of rotatable bonds is 8. The number of likely N-dealkylation sites (N-methyl/N-ethyl adjacent to an activating group) is 1. The van der Waals surface area contributed by atoms with E-state index in [2.05, 4.69) is 29.0 Å². The molecule has 1 fully saturated rings. The molecule has 1 atom stereocenters. The molecule has 0 aromatic rings. The average molecular weight is 326 g/mol. The zero-order valence-electron chi connectivity index (χ0n) is 15.5. The zero-order valence-corrected chi connectivity index (χ0v) is 15.5. The van der Waals surface area contributed by atoms with Gasteiger partial charge in [-0.25, -0.2) is 0 Å². The number of nitrogens with one attached hydrogen (secondary N) is 1. The van der Waals surface area contributed by atoms with Gasteiger partial charge < -0.3 is 10.2 Å². The Bertz CT molecular complexity index is 375. The van der Waals surface area contributed by atoms with Gasteiger partial charge >= 0.3 is 0 Å². The second-order valence-corrected chi connectivity index (χ2v) is 6.72. The van der Waals surface area contributed by atoms with Gasteiger partial charge in [0, 0.05) is 45.3 Å². The lowest BCUT2D eigenvalue weighted by Gasteiger charge is -2.35. The summed E-state index contributed by atoms with van der Waals surface area (Å²) >= 11 is 0. The molecule has 0 spiro atoms. The molecule has 6 heteroatoms. The van der Waals surface area contributed by atoms with Crippen molar-refractivity contribution in [1.29, 1.82) is 0 Å². The standard InChI is InChI=1S/C17H34N4O2/c1-6-21(7-2)17(23)13-20-10-8-19(9-11-20)12-16(22)18-15(5)14(3)4/h14-15H,6-13H2,1-5H3,(H,18,22). The molecule has 0 aromatic carbocycles. The molecule has 1 N–H and O–H groups in total. The van der Waals surface area contributed by atoms with Gasteiger partial charge in [-0.3, -0.25) is 19.4 Å². The Morgan fingerprint density at radius 3 is 1.87 bits per heavy atom. The molecule has 1 heterocycles. The number of carbonyl (C=O) groups excluding carboxylic acids is 2. The second kappa shape index (κ2) is 9.88. The first kappa shape index (κ1) is 19.9. The van der Waals surface area contributed by atoms with E-state index in [1.165, 1.54) is 0 Å². The van der Waals surface area contributed by atoms with Gasteiger partial charge in [0.1, 0.15) is 0 Å². The minimum Gasteiger partial charge on any atom is -0.352 e. The molecule has 1 rings (SSSR count). The molecular formula is C17H34N4O2. The Labute approximate surface area is 141 Å². The fourth-order valence-corrected chi connectivity index (χ4v) is 2.64. The first-order chi connectivity index (χ1) is 10.9. The summed E-state index contributed by atoms with van der Waals surface area (Å²) in [7, 11) is 0. The minimum atomic E-state index is 0.0962. The number of carbonyl (C=O) groups is 2. The first-order valence-corrected chi connectivity index (χ1v) is 8.89. The maximum atomic E-state index is 12.1. The Hall–Kier alpha value is -1.14. The van der Waals surface area contributed by atoms with Crippen LogP contribution in [-0.4, -0.2) is 84.9 Å². The van der Waals surface area contributed by atoms with Gasteiger partial charge in [0.15, 0.2) is 0 Å². The van der Waals surface area contributed by atoms with Crippen LogP contribution in [0.5, 0.6) is 0 Å². The predicted molar refractivity (Wildman–Crippen MR) is 93.3 cm³/mol. The molecule has 1 saturated heterocycles. The van der Waals surface area contributed by atoms with E-state index >= 15 is 0 Å². The molecule has 134 valence electrons. The van der Waals surface area contributed by atoms with Crippen LogP contribution >= 0.6 is 0 Å². The van der Waals surface area contributed by atoms with Crippen molar-refractivity contribution < 1.29 is 9.59 Å². The summed E-state index contributed by atoms with van der Waals surface area (Å²) in [6.45, 7) is 16.1. The van der Waals surface area contributed by atoms with Crippen LogP contribution in [0, 0.1) is 5.92 Å². The third-order valence-electron chi connectivity index (χ3n) is 4.70. The third-order valence-corrected chi connectivity index (χ3v) is 4.70. The molecule has 23 heavy (non-hydrogen) atoms. The molecular weight excluding hydrogens is 292 g/mol. The monoisotopic (exact) mass is 326 g/mol. The van der Waals surface area contributed by atoms with E-state index in [0.717, 1.165) is 39.3 Å². The number of nitrogens with zero attached hydrogens (tertiary/aromatic N) is 3. The topological polar surface area (TPSA) is 55.9 Å². The summed E-state index contributed by atoms with van der Waals surface area (Å²) in [5, 5.41) is 3.05. The summed E-state index contributed by atoms with van der Waals surface area (Å²) in [5.41, 5.74) is 0. The lowest BCUT2D eigenvalue weighted by molar-refractivity contribution is -0.133. The normalized spacial score (nSPS) is 18.0. The number of hydrogen-bond acceptors (Lipinski definition) is 4. The largest absolute Gasteiger partial charge is 0.352 e. The Morgan fingerprint density at radius 2 is 1.43 bits per heavy atom. The summed E-state index contributed by atoms with van der Waals surface area (Å²) in [4.78, 5) is 30.4. The number of hydrogen-bond donors (Lipinski definition) is 1. The van der Waals surface area contributed by atoms with E-state index in [9.17, 15) is 9.59 Å². The SMILES string of the molecule is CCN(CC)C(=O)CN1CCN(CC(=O)NC(C)C(C)C)CC1. The lowest BCUT2D eigenvalue weighted by Crippen LogP contribution is -2.52. The fourth-order valence-electron chi connectivity index (χ4n) is 2.64. The van der Waals surface area contributed by atoms with E-state index in [0.29, 0.717) is 19.0 Å². The van der Waals surface area contributed by atoms with Crippen molar-refractivity contribution in [2.45, 2.75) is 40.7 Å². The molecule has 0 aromatic heterocycles. The Balaban J connectivity index is 2.30. The van der Waals surface area contributed by atoms with Crippen molar-refractivity contribution in [3.05, 3.63) is 0 Å². The van der Waals surface area contributed by atoms with Crippen LogP contribution in [0.25, 0.3) is 0 Å². The summed E-state index contributed by atoms with van der Waals surface area (Å²) < 4.78 is 0.